The summed E-state index contributed by atoms with van der Waals surface area (Å²) >= 11 is 1.67. The van der Waals surface area contributed by atoms with Crippen LogP contribution >= 0.6 is 11.3 Å². The van der Waals surface area contributed by atoms with Gasteiger partial charge in [0, 0.05) is 46.4 Å². The van der Waals surface area contributed by atoms with Crippen molar-refractivity contribution in [2.75, 3.05) is 6.61 Å². The number of hydrogen-bond acceptors (Lipinski definition) is 4. The molecule has 1 aromatic carbocycles. The maximum absolute atomic E-state index is 13.0. The SMILES string of the molecule is CCOc1ccccc1[C@@H]1CC(=O)NC2=C1C(=O)C[C@@H](c1cccs1)C2. The van der Waals surface area contributed by atoms with Gasteiger partial charge in [0.2, 0.25) is 5.91 Å². The molecule has 134 valence electrons. The van der Waals surface area contributed by atoms with Crippen molar-refractivity contribution in [2.45, 2.75) is 38.0 Å². The van der Waals surface area contributed by atoms with Crippen LogP contribution in [0, 0.1) is 0 Å². The molecule has 1 aliphatic carbocycles. The van der Waals surface area contributed by atoms with E-state index < -0.39 is 0 Å². The summed E-state index contributed by atoms with van der Waals surface area (Å²) in [5.41, 5.74) is 2.50. The lowest BCUT2D eigenvalue weighted by atomic mass is 9.74. The lowest BCUT2D eigenvalue weighted by molar-refractivity contribution is -0.122. The molecule has 5 heteroatoms. The predicted octanol–water partition coefficient (Wildman–Crippen LogP) is 4.15. The van der Waals surface area contributed by atoms with Gasteiger partial charge in [0.15, 0.2) is 5.78 Å². The summed E-state index contributed by atoms with van der Waals surface area (Å²) in [5.74, 6) is 0.802. The van der Waals surface area contributed by atoms with E-state index >= 15 is 0 Å². The number of thiophene rings is 1. The summed E-state index contributed by atoms with van der Waals surface area (Å²) < 4.78 is 5.76. The van der Waals surface area contributed by atoms with Crippen LogP contribution in [0.1, 0.15) is 48.5 Å². The number of benzene rings is 1. The summed E-state index contributed by atoms with van der Waals surface area (Å²) in [6, 6.07) is 11.8. The molecule has 2 heterocycles. The number of amides is 1. The van der Waals surface area contributed by atoms with Gasteiger partial charge >= 0.3 is 0 Å². The van der Waals surface area contributed by atoms with Crippen LogP contribution in [0.3, 0.4) is 0 Å². The molecule has 0 unspecified atom stereocenters. The van der Waals surface area contributed by atoms with E-state index in [9.17, 15) is 9.59 Å². The van der Waals surface area contributed by atoms with Crippen LogP contribution in [-0.2, 0) is 9.59 Å². The van der Waals surface area contributed by atoms with Crippen molar-refractivity contribution in [1.82, 2.24) is 5.32 Å². The van der Waals surface area contributed by atoms with Gasteiger partial charge in [-0.25, -0.2) is 0 Å². The van der Waals surface area contributed by atoms with E-state index in [0.29, 0.717) is 25.9 Å². The number of ether oxygens (including phenoxy) is 1. The fourth-order valence-corrected chi connectivity index (χ4v) is 4.84. The molecule has 2 atom stereocenters. The molecular weight excluding hydrogens is 346 g/mol. The predicted molar refractivity (Wildman–Crippen MR) is 101 cm³/mol. The minimum Gasteiger partial charge on any atom is -0.494 e. The quantitative estimate of drug-likeness (QED) is 0.883. The van der Waals surface area contributed by atoms with Gasteiger partial charge in [-0.3, -0.25) is 9.59 Å². The molecule has 0 bridgehead atoms. The van der Waals surface area contributed by atoms with Gasteiger partial charge in [-0.1, -0.05) is 24.3 Å². The fraction of sp³-hybridized carbons (Fsp3) is 0.333. The molecule has 0 radical (unpaired) electrons. The number of Topliss-reactive ketones (excluding diaryl/α,β-unsaturated/α-hetero) is 1. The normalized spacial score (nSPS) is 22.8. The van der Waals surface area contributed by atoms with E-state index in [0.717, 1.165) is 22.6 Å². The third-order valence-electron chi connectivity index (χ3n) is 5.08. The van der Waals surface area contributed by atoms with E-state index in [-0.39, 0.29) is 23.5 Å². The number of hydrogen-bond donors (Lipinski definition) is 1. The van der Waals surface area contributed by atoms with Crippen LogP contribution < -0.4 is 10.1 Å². The molecule has 0 fully saturated rings. The molecule has 4 nitrogen and oxygen atoms in total. The fourth-order valence-electron chi connectivity index (χ4n) is 4.01. The number of rotatable bonds is 4. The van der Waals surface area contributed by atoms with Crippen molar-refractivity contribution in [1.29, 1.82) is 0 Å². The Morgan fingerprint density at radius 3 is 2.73 bits per heavy atom. The topological polar surface area (TPSA) is 55.4 Å². The highest BCUT2D eigenvalue weighted by molar-refractivity contribution is 7.10. The zero-order valence-corrected chi connectivity index (χ0v) is 15.5. The van der Waals surface area contributed by atoms with Gasteiger partial charge in [-0.15, -0.1) is 11.3 Å². The Labute approximate surface area is 156 Å². The Balaban J connectivity index is 1.74. The molecule has 26 heavy (non-hydrogen) atoms. The Morgan fingerprint density at radius 1 is 1.12 bits per heavy atom. The Kier molecular flexibility index (Phi) is 4.64. The zero-order chi connectivity index (χ0) is 18.1. The van der Waals surface area contributed by atoms with E-state index in [2.05, 4.69) is 11.4 Å². The highest BCUT2D eigenvalue weighted by atomic mass is 32.1. The lowest BCUT2D eigenvalue weighted by Crippen LogP contribution is -2.38. The Hall–Kier alpha value is -2.40. The first-order chi connectivity index (χ1) is 12.7. The number of allylic oxidation sites excluding steroid dienone is 2. The number of nitrogens with one attached hydrogen (secondary N) is 1. The van der Waals surface area contributed by atoms with Gasteiger partial charge in [0.1, 0.15) is 5.75 Å². The Morgan fingerprint density at radius 2 is 1.96 bits per heavy atom. The van der Waals surface area contributed by atoms with Crippen molar-refractivity contribution in [3.8, 4) is 5.75 Å². The first kappa shape index (κ1) is 17.0. The zero-order valence-electron chi connectivity index (χ0n) is 14.7. The van der Waals surface area contributed by atoms with Crippen molar-refractivity contribution in [3.05, 3.63) is 63.5 Å². The standard InChI is InChI=1S/C21H21NO3S/c1-2-25-18-7-4-3-6-14(18)15-12-20(24)22-16-10-13(11-17(23)21(15)16)19-8-5-9-26-19/h3-9,13,15H,2,10-12H2,1H3,(H,22,24)/t13-,15-/m0/s1. The smallest absolute Gasteiger partial charge is 0.225 e. The van der Waals surface area contributed by atoms with Crippen molar-refractivity contribution in [2.24, 2.45) is 0 Å². The number of carbonyl (C=O) groups excluding carboxylic acids is 2. The highest BCUT2D eigenvalue weighted by Crippen LogP contribution is 2.45. The third-order valence-corrected chi connectivity index (χ3v) is 6.11. The average Bonchev–Trinajstić information content (AvgIpc) is 3.16. The van der Waals surface area contributed by atoms with Gasteiger partial charge in [0.25, 0.3) is 0 Å². The summed E-state index contributed by atoms with van der Waals surface area (Å²) in [6.07, 6.45) is 1.50. The van der Waals surface area contributed by atoms with Gasteiger partial charge in [-0.05, 0) is 30.9 Å². The van der Waals surface area contributed by atoms with Crippen LogP contribution in [0.15, 0.2) is 53.0 Å². The van der Waals surface area contributed by atoms with Crippen LogP contribution in [0.2, 0.25) is 0 Å². The molecule has 1 amide bonds. The van der Waals surface area contributed by atoms with E-state index in [1.807, 2.05) is 42.6 Å². The number of ketones is 1. The van der Waals surface area contributed by atoms with Gasteiger partial charge in [0.05, 0.1) is 6.61 Å². The van der Waals surface area contributed by atoms with E-state index in [4.69, 9.17) is 4.74 Å². The molecule has 1 aliphatic heterocycles. The minimum atomic E-state index is -0.224. The molecule has 4 rings (SSSR count). The van der Waals surface area contributed by atoms with E-state index in [1.165, 1.54) is 4.88 Å². The average molecular weight is 367 g/mol. The van der Waals surface area contributed by atoms with Crippen molar-refractivity contribution < 1.29 is 14.3 Å². The maximum atomic E-state index is 13.0. The monoisotopic (exact) mass is 367 g/mol. The van der Waals surface area contributed by atoms with E-state index in [1.54, 1.807) is 11.3 Å². The molecular formula is C21H21NO3S. The molecule has 0 spiro atoms. The third kappa shape index (κ3) is 3.07. The molecule has 1 aromatic heterocycles. The van der Waals surface area contributed by atoms with Crippen LogP contribution in [0.5, 0.6) is 5.75 Å². The molecule has 0 saturated heterocycles. The number of para-hydroxylation sites is 1. The summed E-state index contributed by atoms with van der Waals surface area (Å²) in [5, 5.41) is 5.01. The first-order valence-corrected chi connectivity index (χ1v) is 9.86. The molecule has 2 aromatic rings. The minimum absolute atomic E-state index is 0.0281. The Bertz CT molecular complexity index is 869. The van der Waals surface area contributed by atoms with Gasteiger partial charge < -0.3 is 10.1 Å². The molecule has 0 saturated carbocycles. The molecule has 1 N–H and O–H groups in total. The van der Waals surface area contributed by atoms with Crippen molar-refractivity contribution >= 4 is 23.0 Å². The number of carbonyl (C=O) groups is 2. The largest absolute Gasteiger partial charge is 0.494 e. The van der Waals surface area contributed by atoms with Crippen LogP contribution in [0.4, 0.5) is 0 Å². The van der Waals surface area contributed by atoms with Crippen LogP contribution in [0.25, 0.3) is 0 Å². The second-order valence-electron chi connectivity index (χ2n) is 6.71. The maximum Gasteiger partial charge on any atom is 0.225 e. The van der Waals surface area contributed by atoms with Gasteiger partial charge in [-0.2, -0.15) is 0 Å². The summed E-state index contributed by atoms with van der Waals surface area (Å²) in [4.78, 5) is 26.6. The van der Waals surface area contributed by atoms with Crippen molar-refractivity contribution in [3.63, 3.8) is 0 Å². The first-order valence-electron chi connectivity index (χ1n) is 8.98. The summed E-state index contributed by atoms with van der Waals surface area (Å²) in [7, 11) is 0. The molecule has 2 aliphatic rings. The second kappa shape index (κ2) is 7.08. The lowest BCUT2D eigenvalue weighted by Gasteiger charge is -2.34. The summed E-state index contributed by atoms with van der Waals surface area (Å²) in [6.45, 7) is 2.49. The highest BCUT2D eigenvalue weighted by Gasteiger charge is 2.39. The van der Waals surface area contributed by atoms with Crippen LogP contribution in [-0.4, -0.2) is 18.3 Å². The second-order valence-corrected chi connectivity index (χ2v) is 7.69.